The number of likely N-dealkylation sites (tertiary alicyclic amines) is 1. The highest BCUT2D eigenvalue weighted by Gasteiger charge is 2.54. The summed E-state index contributed by atoms with van der Waals surface area (Å²) in [5, 5.41) is 9.68. The summed E-state index contributed by atoms with van der Waals surface area (Å²) in [5.74, 6) is -1.43. The third kappa shape index (κ3) is 4.67. The Morgan fingerprint density at radius 2 is 2.00 bits per heavy atom. The van der Waals surface area contributed by atoms with Gasteiger partial charge in [0.15, 0.2) is 14.1 Å². The van der Waals surface area contributed by atoms with Crippen LogP contribution in [0.2, 0.25) is 18.1 Å². The smallest absolute Gasteiger partial charge is 0.414 e. The number of carbonyl (C=O) groups is 2. The molecule has 0 spiro atoms. The Bertz CT molecular complexity index is 639. The lowest BCUT2D eigenvalue weighted by atomic mass is 9.92. The zero-order chi connectivity index (χ0) is 21.5. The fourth-order valence-electron chi connectivity index (χ4n) is 3.59. The lowest BCUT2D eigenvalue weighted by Crippen LogP contribution is -2.57. The molecule has 8 heteroatoms. The Morgan fingerprint density at radius 3 is 2.43 bits per heavy atom. The molecule has 4 atom stereocenters. The summed E-state index contributed by atoms with van der Waals surface area (Å²) in [7, 11) is -2.28. The van der Waals surface area contributed by atoms with Crippen molar-refractivity contribution >= 4 is 20.3 Å². The van der Waals surface area contributed by atoms with Gasteiger partial charge in [0.2, 0.25) is 5.91 Å². The molecule has 0 radical (unpaired) electrons. The van der Waals surface area contributed by atoms with Crippen LogP contribution in [0.1, 0.15) is 48.0 Å². The van der Waals surface area contributed by atoms with E-state index in [9.17, 15) is 14.7 Å². The molecule has 2 rings (SSSR count). The number of hydrogen-bond donors (Lipinski definition) is 1. The van der Waals surface area contributed by atoms with Crippen LogP contribution < -0.4 is 0 Å². The Balaban J connectivity index is 2.49. The molecule has 28 heavy (non-hydrogen) atoms. The Morgan fingerprint density at radius 1 is 1.39 bits per heavy atom. The summed E-state index contributed by atoms with van der Waals surface area (Å²) in [4.78, 5) is 25.4. The summed E-state index contributed by atoms with van der Waals surface area (Å²) < 4.78 is 18.6. The van der Waals surface area contributed by atoms with Crippen molar-refractivity contribution in [1.29, 1.82) is 0 Å². The van der Waals surface area contributed by atoms with Gasteiger partial charge in [-0.1, -0.05) is 32.9 Å². The first-order valence-corrected chi connectivity index (χ1v) is 12.8. The van der Waals surface area contributed by atoms with E-state index in [4.69, 9.17) is 13.9 Å². The molecule has 2 aliphatic heterocycles. The molecule has 0 aromatic heterocycles. The van der Waals surface area contributed by atoms with Crippen molar-refractivity contribution in [3.63, 3.8) is 0 Å². The lowest BCUT2D eigenvalue weighted by Gasteiger charge is -2.44. The van der Waals surface area contributed by atoms with E-state index in [2.05, 4.69) is 33.9 Å². The summed E-state index contributed by atoms with van der Waals surface area (Å²) in [5.41, 5.74) is 0. The number of carboxylic acid groups (broad SMARTS) is 1. The first-order valence-electron chi connectivity index (χ1n) is 9.87. The Labute approximate surface area is 169 Å². The van der Waals surface area contributed by atoms with Crippen LogP contribution in [0.25, 0.3) is 0 Å². The number of hydrogen-bond acceptors (Lipinski definition) is 5. The van der Waals surface area contributed by atoms with Crippen LogP contribution in [0, 0.1) is 5.92 Å². The summed E-state index contributed by atoms with van der Waals surface area (Å²) in [6, 6.07) is -0.641. The normalized spacial score (nSPS) is 29.6. The molecule has 2 saturated heterocycles. The molecule has 160 valence electrons. The Hall–Kier alpha value is -1.22. The van der Waals surface area contributed by atoms with Gasteiger partial charge in [-0.3, -0.25) is 4.79 Å². The van der Waals surface area contributed by atoms with Crippen molar-refractivity contribution in [3.8, 4) is 0 Å². The highest BCUT2D eigenvalue weighted by atomic mass is 28.4. The second-order valence-corrected chi connectivity index (χ2v) is 14.4. The fourth-order valence-corrected chi connectivity index (χ4v) is 4.92. The average Bonchev–Trinajstić information content (AvgIpc) is 3.03. The van der Waals surface area contributed by atoms with Crippen LogP contribution in [0.3, 0.4) is 0 Å². The van der Waals surface area contributed by atoms with E-state index >= 15 is 0 Å². The van der Waals surface area contributed by atoms with Gasteiger partial charge in [-0.05, 0) is 38.9 Å². The second-order valence-electron chi connectivity index (χ2n) is 9.64. The minimum absolute atomic E-state index is 0.0764. The minimum Gasteiger partial charge on any atom is -0.465 e. The number of allylic oxidation sites excluding steroid dienone is 1. The van der Waals surface area contributed by atoms with Gasteiger partial charge in [0.05, 0.1) is 18.8 Å². The molecule has 0 unspecified atom stereocenters. The van der Waals surface area contributed by atoms with Crippen molar-refractivity contribution in [1.82, 2.24) is 4.90 Å². The molecule has 0 aromatic rings. The van der Waals surface area contributed by atoms with Gasteiger partial charge < -0.3 is 19.0 Å². The van der Waals surface area contributed by atoms with Crippen molar-refractivity contribution < 1.29 is 28.6 Å². The zero-order valence-electron chi connectivity index (χ0n) is 18.3. The first kappa shape index (κ1) is 23.1. The van der Waals surface area contributed by atoms with E-state index in [0.717, 1.165) is 4.90 Å². The van der Waals surface area contributed by atoms with E-state index in [1.807, 2.05) is 32.9 Å². The highest BCUT2D eigenvalue weighted by molar-refractivity contribution is 6.74. The van der Waals surface area contributed by atoms with Gasteiger partial charge in [-0.25, -0.2) is 9.69 Å². The van der Waals surface area contributed by atoms with Gasteiger partial charge in [0, 0.05) is 12.3 Å². The van der Waals surface area contributed by atoms with Crippen molar-refractivity contribution in [3.05, 3.63) is 12.2 Å². The molecular formula is C20H35NO6Si. The molecule has 2 heterocycles. The molecule has 0 saturated carbocycles. The quantitative estimate of drug-likeness (QED) is 0.542. The molecule has 2 fully saturated rings. The molecular weight excluding hydrogens is 378 g/mol. The monoisotopic (exact) mass is 413 g/mol. The molecule has 0 bridgehead atoms. The first-order chi connectivity index (χ1) is 12.7. The number of rotatable bonds is 5. The molecule has 0 aliphatic carbocycles. The van der Waals surface area contributed by atoms with Crippen LogP contribution in [0.15, 0.2) is 12.2 Å². The largest absolute Gasteiger partial charge is 0.465 e. The van der Waals surface area contributed by atoms with Crippen molar-refractivity contribution in [2.45, 2.75) is 90.1 Å². The maximum atomic E-state index is 12.5. The topological polar surface area (TPSA) is 85.3 Å². The molecule has 2 aliphatic rings. The number of ether oxygens (including phenoxy) is 2. The lowest BCUT2D eigenvalue weighted by molar-refractivity contribution is -0.155. The van der Waals surface area contributed by atoms with Gasteiger partial charge >= 0.3 is 6.09 Å². The zero-order valence-corrected chi connectivity index (χ0v) is 19.3. The van der Waals surface area contributed by atoms with Crippen molar-refractivity contribution in [2.75, 3.05) is 6.61 Å². The van der Waals surface area contributed by atoms with Gasteiger partial charge in [0.25, 0.3) is 0 Å². The minimum atomic E-state index is -2.28. The highest BCUT2D eigenvalue weighted by Crippen LogP contribution is 2.42. The molecule has 2 amide bonds. The standard InChI is InChI=1S/C20H35NO6Si/c1-9-10-13-11-15(22)21(18(23)24)16(13)17(14-12-25-20(5,6)26-14)27-28(7,8)19(2,3)4/h9-10,13-14,16-17H,11-12H2,1-8H3,(H,23,24)/b10-9-/t13-,14-,16-,17-/m1/s1. The number of carbonyl (C=O) groups excluding carboxylic acids is 1. The third-order valence-electron chi connectivity index (χ3n) is 6.03. The predicted octanol–water partition coefficient (Wildman–Crippen LogP) is 4.00. The van der Waals surface area contributed by atoms with E-state index in [-0.39, 0.29) is 17.4 Å². The van der Waals surface area contributed by atoms with Crippen LogP contribution in [-0.2, 0) is 18.7 Å². The maximum Gasteiger partial charge on any atom is 0.414 e. The maximum absolute atomic E-state index is 12.5. The predicted molar refractivity (Wildman–Crippen MR) is 109 cm³/mol. The average molecular weight is 414 g/mol. The number of amides is 2. The van der Waals surface area contributed by atoms with Gasteiger partial charge in [-0.15, -0.1) is 0 Å². The molecule has 0 aromatic carbocycles. The van der Waals surface area contributed by atoms with Gasteiger partial charge in [0.1, 0.15) is 6.10 Å². The fraction of sp³-hybridized carbons (Fsp3) is 0.800. The molecule has 7 nitrogen and oxygen atoms in total. The van der Waals surface area contributed by atoms with Crippen LogP contribution in [-0.4, -0.2) is 61.0 Å². The summed E-state index contributed by atoms with van der Waals surface area (Å²) >= 11 is 0. The SMILES string of the molecule is C/C=C\[C@@H]1CC(=O)N(C(=O)O)[C@H]1[C@H](O[Si](C)(C)C(C)(C)C)[C@H]1COC(C)(C)O1. The van der Waals surface area contributed by atoms with E-state index in [0.29, 0.717) is 6.61 Å². The van der Waals surface area contributed by atoms with E-state index in [1.54, 1.807) is 0 Å². The Kier molecular flexibility index (Phi) is 6.50. The van der Waals surface area contributed by atoms with Crippen LogP contribution in [0.5, 0.6) is 0 Å². The summed E-state index contributed by atoms with van der Waals surface area (Å²) in [6.45, 7) is 16.4. The molecule has 1 N–H and O–H groups in total. The third-order valence-corrected chi connectivity index (χ3v) is 10.5. The second kappa shape index (κ2) is 7.89. The van der Waals surface area contributed by atoms with Crippen LogP contribution in [0.4, 0.5) is 4.79 Å². The van der Waals surface area contributed by atoms with Crippen LogP contribution >= 0.6 is 0 Å². The summed E-state index contributed by atoms with van der Waals surface area (Å²) in [6.07, 6.45) is 1.62. The van der Waals surface area contributed by atoms with Crippen molar-refractivity contribution in [2.24, 2.45) is 5.92 Å². The number of imide groups is 1. The number of nitrogens with zero attached hydrogens (tertiary/aromatic N) is 1. The van der Waals surface area contributed by atoms with E-state index < -0.39 is 44.4 Å². The van der Waals surface area contributed by atoms with E-state index in [1.165, 1.54) is 0 Å². The van der Waals surface area contributed by atoms with Gasteiger partial charge in [-0.2, -0.15) is 0 Å².